The lowest BCUT2D eigenvalue weighted by Gasteiger charge is -2.15. The highest BCUT2D eigenvalue weighted by atomic mass is 32.2. The molecule has 3 N–H and O–H groups in total. The summed E-state index contributed by atoms with van der Waals surface area (Å²) in [6.45, 7) is 0. The number of aliphatic imine (C=N–C) groups is 1. The third kappa shape index (κ3) is 4.92. The summed E-state index contributed by atoms with van der Waals surface area (Å²) in [4.78, 5) is 19.8. The van der Waals surface area contributed by atoms with E-state index < -0.39 is 10.0 Å². The molecule has 0 radical (unpaired) electrons. The molecular weight excluding hydrogens is 462 g/mol. The predicted octanol–water partition coefficient (Wildman–Crippen LogP) is 3.86. The Hall–Kier alpha value is -3.60. The molecule has 10 heteroatoms. The molecule has 1 heterocycles. The highest BCUT2D eigenvalue weighted by Crippen LogP contribution is 2.38. The fourth-order valence-corrected chi connectivity index (χ4v) is 4.63. The number of methoxy groups -OCH3 is 1. The monoisotopic (exact) mass is 481 g/mol. The number of phenolic OH excluding ortho intramolecular Hbond substituents is 1. The van der Waals surface area contributed by atoms with Gasteiger partial charge >= 0.3 is 0 Å². The molecule has 0 saturated carbocycles. The summed E-state index contributed by atoms with van der Waals surface area (Å²) in [6, 6.07) is 19.6. The van der Waals surface area contributed by atoms with E-state index in [9.17, 15) is 18.3 Å². The van der Waals surface area contributed by atoms with E-state index in [1.165, 1.54) is 54.1 Å². The van der Waals surface area contributed by atoms with Gasteiger partial charge < -0.3 is 9.84 Å². The van der Waals surface area contributed by atoms with Crippen LogP contribution in [0, 0.1) is 0 Å². The number of benzene rings is 3. The summed E-state index contributed by atoms with van der Waals surface area (Å²) in [5, 5.41) is 15.4. The smallest absolute Gasteiger partial charge is 0.271 e. The molecule has 0 bridgehead atoms. The Morgan fingerprint density at radius 2 is 1.76 bits per heavy atom. The number of sulfonamides is 1. The van der Waals surface area contributed by atoms with Gasteiger partial charge in [-0.15, -0.1) is 0 Å². The maximum absolute atomic E-state index is 13.3. The number of nitrogens with zero attached hydrogens (tertiary/aromatic N) is 2. The average Bonchev–Trinajstić information content (AvgIpc) is 3.09. The maximum Gasteiger partial charge on any atom is 0.271 e. The number of amidine groups is 1. The molecule has 1 fully saturated rings. The number of carbonyl (C=O) groups excluding carboxylic acids is 1. The summed E-state index contributed by atoms with van der Waals surface area (Å²) in [6.07, 6.45) is 1.69. The van der Waals surface area contributed by atoms with E-state index in [0.29, 0.717) is 32.8 Å². The molecule has 3 aromatic rings. The topological polar surface area (TPSA) is 122 Å². The van der Waals surface area contributed by atoms with Gasteiger partial charge in [0.15, 0.2) is 16.7 Å². The highest BCUT2D eigenvalue weighted by Gasteiger charge is 2.34. The number of nitrogens with two attached hydrogens (primary N) is 1. The molecule has 0 unspecified atom stereocenters. The Morgan fingerprint density at radius 1 is 1.06 bits per heavy atom. The van der Waals surface area contributed by atoms with Gasteiger partial charge in [-0.05, 0) is 71.9 Å². The quantitative estimate of drug-likeness (QED) is 0.534. The molecular formula is C23H19N3O5S2. The zero-order valence-electron chi connectivity index (χ0n) is 17.4. The molecule has 33 heavy (non-hydrogen) atoms. The lowest BCUT2D eigenvalue weighted by Crippen LogP contribution is -2.28. The van der Waals surface area contributed by atoms with E-state index >= 15 is 0 Å². The number of rotatable bonds is 5. The predicted molar refractivity (Wildman–Crippen MR) is 129 cm³/mol. The second-order valence-corrected chi connectivity index (χ2v) is 9.52. The number of hydrogen-bond acceptors (Lipinski definition) is 7. The molecule has 1 aliphatic heterocycles. The van der Waals surface area contributed by atoms with Gasteiger partial charge in [-0.2, -0.15) is 0 Å². The van der Waals surface area contributed by atoms with Crippen molar-refractivity contribution in [3.05, 3.63) is 83.3 Å². The first kappa shape index (κ1) is 22.6. The summed E-state index contributed by atoms with van der Waals surface area (Å²) in [5.74, 6) is 0.0304. The number of anilines is 1. The van der Waals surface area contributed by atoms with Gasteiger partial charge in [0.2, 0.25) is 10.0 Å². The van der Waals surface area contributed by atoms with Gasteiger partial charge in [-0.25, -0.2) is 18.5 Å². The molecule has 0 aliphatic carbocycles. The minimum absolute atomic E-state index is 0.00107. The number of amides is 1. The normalized spacial score (nSPS) is 16.5. The minimum atomic E-state index is -3.82. The first-order valence-corrected chi connectivity index (χ1v) is 12.0. The Bertz CT molecular complexity index is 1370. The zero-order valence-corrected chi connectivity index (χ0v) is 19.0. The minimum Gasteiger partial charge on any atom is -0.504 e. The molecule has 4 rings (SSSR count). The molecule has 1 amide bonds. The lowest BCUT2D eigenvalue weighted by molar-refractivity contribution is -0.113. The van der Waals surface area contributed by atoms with E-state index in [-0.39, 0.29) is 16.6 Å². The molecule has 1 saturated heterocycles. The van der Waals surface area contributed by atoms with Crippen molar-refractivity contribution < 1.29 is 23.1 Å². The van der Waals surface area contributed by atoms with Gasteiger partial charge in [0.25, 0.3) is 5.91 Å². The van der Waals surface area contributed by atoms with E-state index in [0.717, 1.165) is 0 Å². The van der Waals surface area contributed by atoms with E-state index in [2.05, 4.69) is 4.99 Å². The number of thioether (sulfide) groups is 1. The van der Waals surface area contributed by atoms with Gasteiger partial charge in [-0.1, -0.05) is 24.3 Å². The SMILES string of the molecule is COc1cc(C=C2S/C(=N\c3ccc(S(N)(=O)=O)cc3)N(c3ccccc3)C2=O)ccc1O. The van der Waals surface area contributed by atoms with Crippen LogP contribution in [0.2, 0.25) is 0 Å². The van der Waals surface area contributed by atoms with Gasteiger partial charge in [-0.3, -0.25) is 9.69 Å². The van der Waals surface area contributed by atoms with Crippen molar-refractivity contribution in [2.75, 3.05) is 12.0 Å². The Kier molecular flexibility index (Phi) is 6.23. The second kappa shape index (κ2) is 9.10. The average molecular weight is 482 g/mol. The maximum atomic E-state index is 13.3. The van der Waals surface area contributed by atoms with Crippen LogP contribution < -0.4 is 14.8 Å². The van der Waals surface area contributed by atoms with Gasteiger partial charge in [0, 0.05) is 0 Å². The third-order valence-electron chi connectivity index (χ3n) is 4.71. The number of primary sulfonamides is 1. The highest BCUT2D eigenvalue weighted by molar-refractivity contribution is 8.19. The van der Waals surface area contributed by atoms with Crippen molar-refractivity contribution in [1.82, 2.24) is 0 Å². The van der Waals surface area contributed by atoms with Crippen LogP contribution in [0.1, 0.15) is 5.56 Å². The molecule has 0 atom stereocenters. The fraction of sp³-hybridized carbons (Fsp3) is 0.0435. The first-order chi connectivity index (χ1) is 15.8. The number of aromatic hydroxyl groups is 1. The van der Waals surface area contributed by atoms with Crippen LogP contribution in [0.3, 0.4) is 0 Å². The molecule has 0 aromatic heterocycles. The third-order valence-corrected chi connectivity index (χ3v) is 6.61. The van der Waals surface area contributed by atoms with Crippen molar-refractivity contribution in [1.29, 1.82) is 0 Å². The Balaban J connectivity index is 1.75. The summed E-state index contributed by atoms with van der Waals surface area (Å²) in [5.41, 5.74) is 1.78. The molecule has 168 valence electrons. The van der Waals surface area contributed by atoms with Crippen molar-refractivity contribution in [2.24, 2.45) is 10.1 Å². The van der Waals surface area contributed by atoms with Crippen LogP contribution >= 0.6 is 11.8 Å². The number of hydrogen-bond donors (Lipinski definition) is 2. The fourth-order valence-electron chi connectivity index (χ4n) is 3.11. The van der Waals surface area contributed by atoms with Crippen LogP contribution in [-0.4, -0.2) is 31.7 Å². The van der Waals surface area contributed by atoms with Crippen LogP contribution in [0.4, 0.5) is 11.4 Å². The standard InChI is InChI=1S/C23H19N3O5S2/c1-31-20-13-15(7-12-19(20)27)14-21-22(28)26(17-5-3-2-4-6-17)23(32-21)25-16-8-10-18(11-9-16)33(24,29)30/h2-14,27H,1H3,(H2,24,29,30)/b21-14?,25-23-. The first-order valence-electron chi connectivity index (χ1n) is 9.64. The summed E-state index contributed by atoms with van der Waals surface area (Å²) >= 11 is 1.18. The molecule has 0 spiro atoms. The second-order valence-electron chi connectivity index (χ2n) is 6.95. The number of phenols is 1. The Labute approximate surface area is 195 Å². The van der Waals surface area contributed by atoms with Crippen LogP contribution in [0.15, 0.2) is 87.6 Å². The molecule has 3 aromatic carbocycles. The van der Waals surface area contributed by atoms with E-state index in [4.69, 9.17) is 9.88 Å². The molecule has 8 nitrogen and oxygen atoms in total. The summed E-state index contributed by atoms with van der Waals surface area (Å²) < 4.78 is 28.2. The van der Waals surface area contributed by atoms with Crippen molar-refractivity contribution in [3.63, 3.8) is 0 Å². The number of ether oxygens (including phenoxy) is 1. The zero-order chi connectivity index (χ0) is 23.6. The lowest BCUT2D eigenvalue weighted by atomic mass is 10.2. The van der Waals surface area contributed by atoms with Gasteiger partial charge in [0.05, 0.1) is 28.3 Å². The van der Waals surface area contributed by atoms with Crippen LogP contribution in [0.5, 0.6) is 11.5 Å². The largest absolute Gasteiger partial charge is 0.504 e. The Morgan fingerprint density at radius 3 is 2.39 bits per heavy atom. The van der Waals surface area contributed by atoms with Crippen molar-refractivity contribution in [2.45, 2.75) is 4.90 Å². The van der Waals surface area contributed by atoms with Crippen molar-refractivity contribution in [3.8, 4) is 11.5 Å². The van der Waals surface area contributed by atoms with Crippen LogP contribution in [0.25, 0.3) is 6.08 Å². The van der Waals surface area contributed by atoms with E-state index in [1.54, 1.807) is 30.3 Å². The number of para-hydroxylation sites is 1. The summed E-state index contributed by atoms with van der Waals surface area (Å²) in [7, 11) is -2.37. The van der Waals surface area contributed by atoms with Gasteiger partial charge in [0.1, 0.15) is 0 Å². The van der Waals surface area contributed by atoms with Crippen molar-refractivity contribution >= 4 is 50.3 Å². The molecule has 1 aliphatic rings. The number of carbonyl (C=O) groups is 1. The van der Waals surface area contributed by atoms with E-state index in [1.807, 2.05) is 18.2 Å². The van der Waals surface area contributed by atoms with Crippen LogP contribution in [-0.2, 0) is 14.8 Å².